The zero-order chi connectivity index (χ0) is 19.3. The van der Waals surface area contributed by atoms with E-state index < -0.39 is 0 Å². The second-order valence-corrected chi connectivity index (χ2v) is 7.02. The van der Waals surface area contributed by atoms with Gasteiger partial charge in [-0.15, -0.1) is 11.3 Å². The fraction of sp³-hybridized carbons (Fsp3) is 0.0435. The molecule has 5 heteroatoms. The number of benzene rings is 3. The summed E-state index contributed by atoms with van der Waals surface area (Å²) < 4.78 is 18.8. The summed E-state index contributed by atoms with van der Waals surface area (Å²) in [6.07, 6.45) is 0. The van der Waals surface area contributed by atoms with Gasteiger partial charge >= 0.3 is 0 Å². The molecule has 0 saturated heterocycles. The number of thiazole rings is 1. The molecule has 0 bridgehead atoms. The number of rotatable bonds is 6. The molecule has 3 nitrogen and oxygen atoms in total. The minimum Gasteiger partial charge on any atom is -0.487 e. The summed E-state index contributed by atoms with van der Waals surface area (Å²) in [6.45, 7) is 0.323. The number of ketones is 1. The van der Waals surface area contributed by atoms with Gasteiger partial charge in [0.15, 0.2) is 5.78 Å². The molecule has 3 aromatic carbocycles. The highest BCUT2D eigenvalue weighted by Crippen LogP contribution is 2.25. The number of carbonyl (C=O) groups excluding carboxylic acids is 1. The third-order valence-corrected chi connectivity index (χ3v) is 5.12. The Balaban J connectivity index is 1.39. The second-order valence-electron chi connectivity index (χ2n) is 6.16. The highest BCUT2D eigenvalue weighted by molar-refractivity contribution is 7.13. The fourth-order valence-corrected chi connectivity index (χ4v) is 3.52. The van der Waals surface area contributed by atoms with Gasteiger partial charge in [-0.3, -0.25) is 4.79 Å². The van der Waals surface area contributed by atoms with E-state index >= 15 is 0 Å². The minimum absolute atomic E-state index is 0.0180. The van der Waals surface area contributed by atoms with Crippen molar-refractivity contribution in [2.45, 2.75) is 6.61 Å². The van der Waals surface area contributed by atoms with Crippen molar-refractivity contribution in [3.8, 4) is 16.3 Å². The molecule has 28 heavy (non-hydrogen) atoms. The van der Waals surface area contributed by atoms with Crippen molar-refractivity contribution in [2.24, 2.45) is 0 Å². The van der Waals surface area contributed by atoms with E-state index in [1.54, 1.807) is 48.5 Å². The summed E-state index contributed by atoms with van der Waals surface area (Å²) in [6, 6.07) is 22.5. The first-order valence-corrected chi connectivity index (χ1v) is 9.60. The Hall–Kier alpha value is -3.31. The number of halogens is 1. The molecule has 0 N–H and O–H groups in total. The summed E-state index contributed by atoms with van der Waals surface area (Å²) in [5, 5.41) is 2.74. The van der Waals surface area contributed by atoms with Crippen molar-refractivity contribution in [1.82, 2.24) is 4.98 Å². The van der Waals surface area contributed by atoms with Gasteiger partial charge in [-0.25, -0.2) is 9.37 Å². The van der Waals surface area contributed by atoms with Crippen molar-refractivity contribution < 1.29 is 13.9 Å². The molecule has 0 saturated carbocycles. The summed E-state index contributed by atoms with van der Waals surface area (Å²) >= 11 is 1.49. The first kappa shape index (κ1) is 18.1. The molecule has 4 rings (SSSR count). The van der Waals surface area contributed by atoms with E-state index in [-0.39, 0.29) is 11.6 Å². The van der Waals surface area contributed by atoms with Gasteiger partial charge in [0, 0.05) is 22.1 Å². The van der Waals surface area contributed by atoms with E-state index in [0.29, 0.717) is 23.5 Å². The molecule has 0 amide bonds. The Labute approximate surface area is 166 Å². The molecule has 1 heterocycles. The number of carbonyl (C=O) groups is 1. The van der Waals surface area contributed by atoms with Crippen molar-refractivity contribution in [3.05, 3.63) is 107 Å². The van der Waals surface area contributed by atoms with Crippen LogP contribution in [0.3, 0.4) is 0 Å². The maximum atomic E-state index is 13.0. The van der Waals surface area contributed by atoms with Gasteiger partial charge in [0.25, 0.3) is 0 Å². The lowest BCUT2D eigenvalue weighted by atomic mass is 10.0. The van der Waals surface area contributed by atoms with Crippen LogP contribution in [-0.4, -0.2) is 10.8 Å². The predicted molar refractivity (Wildman–Crippen MR) is 108 cm³/mol. The monoisotopic (exact) mass is 389 g/mol. The molecule has 4 aromatic rings. The largest absolute Gasteiger partial charge is 0.487 e. The lowest BCUT2D eigenvalue weighted by Crippen LogP contribution is -2.01. The Kier molecular flexibility index (Phi) is 5.26. The zero-order valence-corrected chi connectivity index (χ0v) is 15.7. The molecule has 138 valence electrons. The average molecular weight is 389 g/mol. The topological polar surface area (TPSA) is 39.2 Å². The van der Waals surface area contributed by atoms with Crippen LogP contribution in [-0.2, 0) is 6.61 Å². The maximum absolute atomic E-state index is 13.0. The van der Waals surface area contributed by atoms with E-state index in [0.717, 1.165) is 16.3 Å². The summed E-state index contributed by atoms with van der Waals surface area (Å²) in [5.41, 5.74) is 2.95. The third kappa shape index (κ3) is 4.15. The molecular weight excluding hydrogens is 373 g/mol. The molecule has 0 fully saturated rings. The van der Waals surface area contributed by atoms with E-state index in [1.165, 1.54) is 23.5 Å². The van der Waals surface area contributed by atoms with Crippen molar-refractivity contribution in [2.75, 3.05) is 0 Å². The van der Waals surface area contributed by atoms with E-state index in [1.807, 2.05) is 23.6 Å². The predicted octanol–water partition coefficient (Wildman–Crippen LogP) is 5.76. The minimum atomic E-state index is -0.266. The van der Waals surface area contributed by atoms with Gasteiger partial charge in [-0.2, -0.15) is 0 Å². The number of nitrogens with zero attached hydrogens (tertiary/aromatic N) is 1. The van der Waals surface area contributed by atoms with Gasteiger partial charge in [-0.05, 0) is 48.5 Å². The first-order chi connectivity index (χ1) is 13.7. The lowest BCUT2D eigenvalue weighted by molar-refractivity contribution is 0.103. The SMILES string of the molecule is O=C(c1ccccc1)c1ccc(OCc2csc(-c3ccc(F)cc3)n2)cc1. The molecule has 0 aliphatic rings. The maximum Gasteiger partial charge on any atom is 0.193 e. The van der Waals surface area contributed by atoms with Gasteiger partial charge in [0.1, 0.15) is 23.2 Å². The van der Waals surface area contributed by atoms with Crippen molar-refractivity contribution in [3.63, 3.8) is 0 Å². The molecule has 0 radical (unpaired) electrons. The number of ether oxygens (including phenoxy) is 1. The van der Waals surface area contributed by atoms with Crippen LogP contribution in [0.25, 0.3) is 10.6 Å². The molecule has 0 aliphatic heterocycles. The third-order valence-electron chi connectivity index (χ3n) is 4.18. The van der Waals surface area contributed by atoms with Crippen LogP contribution in [0.1, 0.15) is 21.6 Å². The van der Waals surface area contributed by atoms with Crippen LogP contribution < -0.4 is 4.74 Å². The van der Waals surface area contributed by atoms with E-state index in [4.69, 9.17) is 4.74 Å². The van der Waals surface area contributed by atoms with Crippen molar-refractivity contribution in [1.29, 1.82) is 0 Å². The standard InChI is InChI=1S/C23H16FNO2S/c24-19-10-6-18(7-11-19)23-25-20(15-28-23)14-27-21-12-8-17(9-13-21)22(26)16-4-2-1-3-5-16/h1-13,15H,14H2. The van der Waals surface area contributed by atoms with Crippen LogP contribution in [0, 0.1) is 5.82 Å². The molecule has 0 atom stereocenters. The van der Waals surface area contributed by atoms with Gasteiger partial charge < -0.3 is 4.74 Å². The molecule has 1 aromatic heterocycles. The Morgan fingerprint density at radius 3 is 2.29 bits per heavy atom. The van der Waals surface area contributed by atoms with E-state index in [2.05, 4.69) is 4.98 Å². The molecular formula is C23H16FNO2S. The molecule has 0 unspecified atom stereocenters. The first-order valence-electron chi connectivity index (χ1n) is 8.72. The molecule has 0 spiro atoms. The number of aromatic nitrogens is 1. The second kappa shape index (κ2) is 8.15. The number of hydrogen-bond donors (Lipinski definition) is 0. The van der Waals surface area contributed by atoms with Crippen LogP contribution in [0.5, 0.6) is 5.75 Å². The smallest absolute Gasteiger partial charge is 0.193 e. The van der Waals surface area contributed by atoms with Crippen LogP contribution in [0.15, 0.2) is 84.2 Å². The summed E-state index contributed by atoms with van der Waals surface area (Å²) in [5.74, 6) is 0.384. The quantitative estimate of drug-likeness (QED) is 0.394. The highest BCUT2D eigenvalue weighted by Gasteiger charge is 2.09. The van der Waals surface area contributed by atoms with Gasteiger partial charge in [0.05, 0.1) is 5.69 Å². The highest BCUT2D eigenvalue weighted by atomic mass is 32.1. The Bertz CT molecular complexity index is 1070. The van der Waals surface area contributed by atoms with Gasteiger partial charge in [0.2, 0.25) is 0 Å². The number of hydrogen-bond acceptors (Lipinski definition) is 4. The van der Waals surface area contributed by atoms with Crippen LogP contribution in [0.4, 0.5) is 4.39 Å². The average Bonchev–Trinajstić information content (AvgIpc) is 3.22. The fourth-order valence-electron chi connectivity index (χ4n) is 2.71. The molecule has 0 aliphatic carbocycles. The lowest BCUT2D eigenvalue weighted by Gasteiger charge is -2.06. The van der Waals surface area contributed by atoms with E-state index in [9.17, 15) is 9.18 Å². The Morgan fingerprint density at radius 2 is 1.57 bits per heavy atom. The summed E-state index contributed by atoms with van der Waals surface area (Å²) in [7, 11) is 0. The van der Waals surface area contributed by atoms with Crippen LogP contribution in [0.2, 0.25) is 0 Å². The van der Waals surface area contributed by atoms with Crippen LogP contribution >= 0.6 is 11.3 Å². The zero-order valence-electron chi connectivity index (χ0n) is 14.8. The van der Waals surface area contributed by atoms with Gasteiger partial charge in [-0.1, -0.05) is 30.3 Å². The normalized spacial score (nSPS) is 10.6. The summed E-state index contributed by atoms with van der Waals surface area (Å²) in [4.78, 5) is 17.0. The Morgan fingerprint density at radius 1 is 0.893 bits per heavy atom. The van der Waals surface area contributed by atoms with Crippen molar-refractivity contribution >= 4 is 17.1 Å².